The molecule has 0 aromatic heterocycles. The fourth-order valence-electron chi connectivity index (χ4n) is 2.29. The molecule has 0 spiro atoms. The van der Waals surface area contributed by atoms with Crippen LogP contribution < -0.4 is 15.4 Å². The molecule has 20 heavy (non-hydrogen) atoms. The van der Waals surface area contributed by atoms with E-state index in [9.17, 15) is 4.79 Å². The van der Waals surface area contributed by atoms with Gasteiger partial charge in [-0.2, -0.15) is 0 Å². The quantitative estimate of drug-likeness (QED) is 0.836. The molecule has 1 atom stereocenters. The summed E-state index contributed by atoms with van der Waals surface area (Å²) < 4.78 is 5.60. The molecule has 110 valence electrons. The molecular weight excluding hydrogens is 252 g/mol. The lowest BCUT2D eigenvalue weighted by molar-refractivity contribution is -0.122. The van der Waals surface area contributed by atoms with E-state index in [1.807, 2.05) is 12.1 Å². The Bertz CT molecular complexity index is 423. The summed E-state index contributed by atoms with van der Waals surface area (Å²) >= 11 is 0. The minimum absolute atomic E-state index is 0.0671. The van der Waals surface area contributed by atoms with Crippen molar-refractivity contribution in [2.75, 3.05) is 19.7 Å². The number of ether oxygens (including phenoxy) is 1. The lowest BCUT2D eigenvalue weighted by atomic mass is 10.0. The predicted molar refractivity (Wildman–Crippen MR) is 80.1 cm³/mol. The highest BCUT2D eigenvalue weighted by Gasteiger charge is 2.16. The van der Waals surface area contributed by atoms with Crippen molar-refractivity contribution >= 4 is 5.91 Å². The number of carbonyl (C=O) groups is 1. The third-order valence-electron chi connectivity index (χ3n) is 3.57. The number of rotatable bonds is 6. The van der Waals surface area contributed by atoms with Gasteiger partial charge >= 0.3 is 0 Å². The van der Waals surface area contributed by atoms with Crippen molar-refractivity contribution < 1.29 is 9.53 Å². The maximum Gasteiger partial charge on any atom is 0.223 e. The van der Waals surface area contributed by atoms with Crippen LogP contribution in [-0.4, -0.2) is 31.6 Å². The smallest absolute Gasteiger partial charge is 0.223 e. The fourth-order valence-corrected chi connectivity index (χ4v) is 2.29. The van der Waals surface area contributed by atoms with Gasteiger partial charge in [0.25, 0.3) is 0 Å². The summed E-state index contributed by atoms with van der Waals surface area (Å²) in [6.45, 7) is 6.62. The third-order valence-corrected chi connectivity index (χ3v) is 3.57. The monoisotopic (exact) mass is 276 g/mol. The lowest BCUT2D eigenvalue weighted by Crippen LogP contribution is -2.36. The highest BCUT2D eigenvalue weighted by molar-refractivity contribution is 5.76. The Morgan fingerprint density at radius 2 is 2.15 bits per heavy atom. The molecule has 0 saturated carbocycles. The first-order valence-electron chi connectivity index (χ1n) is 7.38. The number of benzene rings is 1. The summed E-state index contributed by atoms with van der Waals surface area (Å²) in [6.07, 6.45) is 1.42. The summed E-state index contributed by atoms with van der Waals surface area (Å²) in [7, 11) is 0. The van der Waals surface area contributed by atoms with Gasteiger partial charge in [0.2, 0.25) is 5.91 Å². The van der Waals surface area contributed by atoms with Gasteiger partial charge in [-0.3, -0.25) is 4.79 Å². The molecule has 1 aliphatic heterocycles. The normalized spacial score (nSPS) is 18.2. The highest BCUT2D eigenvalue weighted by atomic mass is 16.5. The molecule has 2 rings (SSSR count). The van der Waals surface area contributed by atoms with Crippen LogP contribution in [0, 0.1) is 0 Å². The second kappa shape index (κ2) is 7.29. The number of carbonyl (C=O) groups excluding carboxylic acids is 1. The van der Waals surface area contributed by atoms with Crippen molar-refractivity contribution in [3.05, 3.63) is 29.8 Å². The van der Waals surface area contributed by atoms with Gasteiger partial charge in [-0.15, -0.1) is 0 Å². The largest absolute Gasteiger partial charge is 0.493 e. The third kappa shape index (κ3) is 4.53. The van der Waals surface area contributed by atoms with Crippen LogP contribution in [0.4, 0.5) is 0 Å². The topological polar surface area (TPSA) is 50.4 Å². The number of hydrogen-bond donors (Lipinski definition) is 2. The van der Waals surface area contributed by atoms with Gasteiger partial charge in [0, 0.05) is 12.6 Å². The summed E-state index contributed by atoms with van der Waals surface area (Å²) in [5.74, 6) is 1.41. The standard InChI is InChI=1S/C16H24N2O2/c1-12(2)13-3-5-15(6-4-13)20-10-8-16(19)18-14-7-9-17-11-14/h3-6,12,14,17H,7-11H2,1-2H3,(H,18,19). The number of nitrogens with one attached hydrogen (secondary N) is 2. The van der Waals surface area contributed by atoms with Crippen molar-refractivity contribution in [1.29, 1.82) is 0 Å². The first-order chi connectivity index (χ1) is 9.65. The van der Waals surface area contributed by atoms with Gasteiger partial charge in [0.15, 0.2) is 0 Å². The van der Waals surface area contributed by atoms with E-state index in [0.29, 0.717) is 18.9 Å². The Labute approximate surface area is 120 Å². The van der Waals surface area contributed by atoms with Crippen molar-refractivity contribution in [2.24, 2.45) is 0 Å². The van der Waals surface area contributed by atoms with Gasteiger partial charge in [-0.05, 0) is 36.6 Å². The Morgan fingerprint density at radius 3 is 2.75 bits per heavy atom. The van der Waals surface area contributed by atoms with Crippen LogP contribution in [0.2, 0.25) is 0 Å². The average Bonchev–Trinajstić information content (AvgIpc) is 2.92. The number of hydrogen-bond acceptors (Lipinski definition) is 3. The van der Waals surface area contributed by atoms with E-state index in [0.717, 1.165) is 25.3 Å². The van der Waals surface area contributed by atoms with Crippen molar-refractivity contribution in [3.8, 4) is 5.75 Å². The van der Waals surface area contributed by atoms with E-state index in [2.05, 4.69) is 36.6 Å². The van der Waals surface area contributed by atoms with E-state index >= 15 is 0 Å². The molecule has 1 aliphatic rings. The molecule has 4 heteroatoms. The predicted octanol–water partition coefficient (Wildman–Crippen LogP) is 2.06. The maximum absolute atomic E-state index is 11.7. The second-order valence-electron chi connectivity index (χ2n) is 5.58. The van der Waals surface area contributed by atoms with E-state index < -0.39 is 0 Å². The summed E-state index contributed by atoms with van der Waals surface area (Å²) in [6, 6.07) is 8.37. The van der Waals surface area contributed by atoms with Crippen molar-refractivity contribution in [1.82, 2.24) is 10.6 Å². The van der Waals surface area contributed by atoms with Crippen LogP contribution >= 0.6 is 0 Å². The van der Waals surface area contributed by atoms with E-state index in [4.69, 9.17) is 4.74 Å². The SMILES string of the molecule is CC(C)c1ccc(OCCC(=O)NC2CCNC2)cc1. The molecule has 4 nitrogen and oxygen atoms in total. The lowest BCUT2D eigenvalue weighted by Gasteiger charge is -2.12. The van der Waals surface area contributed by atoms with Crippen molar-refractivity contribution in [2.45, 2.75) is 38.6 Å². The zero-order valence-electron chi connectivity index (χ0n) is 12.3. The van der Waals surface area contributed by atoms with Crippen LogP contribution in [0.1, 0.15) is 38.2 Å². The van der Waals surface area contributed by atoms with E-state index in [1.165, 1.54) is 5.56 Å². The summed E-state index contributed by atoms with van der Waals surface area (Å²) in [4.78, 5) is 11.7. The van der Waals surface area contributed by atoms with Crippen LogP contribution in [0.3, 0.4) is 0 Å². The average molecular weight is 276 g/mol. The minimum atomic E-state index is 0.0671. The second-order valence-corrected chi connectivity index (χ2v) is 5.58. The molecule has 2 N–H and O–H groups in total. The Morgan fingerprint density at radius 1 is 1.40 bits per heavy atom. The van der Waals surface area contributed by atoms with E-state index in [-0.39, 0.29) is 11.9 Å². The zero-order valence-corrected chi connectivity index (χ0v) is 12.3. The van der Waals surface area contributed by atoms with Crippen molar-refractivity contribution in [3.63, 3.8) is 0 Å². The van der Waals surface area contributed by atoms with Gasteiger partial charge < -0.3 is 15.4 Å². The summed E-state index contributed by atoms with van der Waals surface area (Å²) in [5.41, 5.74) is 1.30. The molecule has 0 radical (unpaired) electrons. The van der Waals surface area contributed by atoms with E-state index in [1.54, 1.807) is 0 Å². The van der Waals surface area contributed by atoms with Crippen LogP contribution in [0.25, 0.3) is 0 Å². The maximum atomic E-state index is 11.7. The van der Waals surface area contributed by atoms with Crippen LogP contribution in [-0.2, 0) is 4.79 Å². The molecular formula is C16H24N2O2. The Kier molecular flexibility index (Phi) is 5.41. The van der Waals surface area contributed by atoms with Crippen LogP contribution in [0.15, 0.2) is 24.3 Å². The first kappa shape index (κ1) is 14.9. The summed E-state index contributed by atoms with van der Waals surface area (Å²) in [5, 5.41) is 6.24. The number of amides is 1. The first-order valence-corrected chi connectivity index (χ1v) is 7.38. The molecule has 1 fully saturated rings. The molecule has 0 aliphatic carbocycles. The minimum Gasteiger partial charge on any atom is -0.493 e. The van der Waals surface area contributed by atoms with Gasteiger partial charge in [-0.1, -0.05) is 26.0 Å². The Hall–Kier alpha value is -1.55. The van der Waals surface area contributed by atoms with Gasteiger partial charge in [-0.25, -0.2) is 0 Å². The van der Waals surface area contributed by atoms with Crippen LogP contribution in [0.5, 0.6) is 5.75 Å². The molecule has 1 amide bonds. The molecule has 1 saturated heterocycles. The molecule has 0 bridgehead atoms. The molecule has 1 aromatic rings. The van der Waals surface area contributed by atoms with Gasteiger partial charge in [0.1, 0.15) is 5.75 Å². The molecule has 1 aromatic carbocycles. The molecule has 1 heterocycles. The molecule has 1 unspecified atom stereocenters. The fraction of sp³-hybridized carbons (Fsp3) is 0.562. The van der Waals surface area contributed by atoms with Gasteiger partial charge in [0.05, 0.1) is 13.0 Å². The Balaban J connectivity index is 1.68. The highest BCUT2D eigenvalue weighted by Crippen LogP contribution is 2.18. The zero-order chi connectivity index (χ0) is 14.4.